The third kappa shape index (κ3) is 3.32. The summed E-state index contributed by atoms with van der Waals surface area (Å²) in [6.07, 6.45) is 2.79. The summed E-state index contributed by atoms with van der Waals surface area (Å²) in [7, 11) is 0. The summed E-state index contributed by atoms with van der Waals surface area (Å²) in [4.78, 5) is 28.4. The van der Waals surface area contributed by atoms with Crippen LogP contribution in [0.5, 0.6) is 0 Å². The Morgan fingerprint density at radius 3 is 2.84 bits per heavy atom. The number of nitrogens with zero attached hydrogens (tertiary/aromatic N) is 3. The standard InChI is InChI=1S/C11H14FN3O3S/c12-19-15-8-9(2-1-5-16)13-10(11(15)17)14-3-6-18-7-4-14/h5,8H,1-4,6-7H2. The Hall–Kier alpha value is -1.41. The Kier molecular flexibility index (Phi) is 4.92. The minimum absolute atomic E-state index is 0.161. The molecule has 1 aliphatic heterocycles. The fourth-order valence-electron chi connectivity index (χ4n) is 1.86. The van der Waals surface area contributed by atoms with Crippen LogP contribution in [0.25, 0.3) is 0 Å². The van der Waals surface area contributed by atoms with Crippen molar-refractivity contribution in [2.75, 3.05) is 31.2 Å². The maximum absolute atomic E-state index is 12.8. The van der Waals surface area contributed by atoms with E-state index >= 15 is 0 Å². The van der Waals surface area contributed by atoms with Crippen LogP contribution in [0.1, 0.15) is 12.1 Å². The SMILES string of the molecule is O=CCCc1cn(SF)c(=O)c(N2CCOCC2)n1. The number of anilines is 1. The first-order chi connectivity index (χ1) is 9.26. The van der Waals surface area contributed by atoms with Gasteiger partial charge in [-0.1, -0.05) is 0 Å². The molecule has 6 nitrogen and oxygen atoms in total. The number of aromatic nitrogens is 2. The molecule has 1 aliphatic rings. The molecule has 0 radical (unpaired) electrons. The number of aryl methyl sites for hydroxylation is 1. The summed E-state index contributed by atoms with van der Waals surface area (Å²) < 4.78 is 18.9. The normalized spacial score (nSPS) is 15.5. The summed E-state index contributed by atoms with van der Waals surface area (Å²) in [6, 6.07) is 0. The van der Waals surface area contributed by atoms with Crippen LogP contribution < -0.4 is 10.5 Å². The van der Waals surface area contributed by atoms with Gasteiger partial charge in [0.2, 0.25) is 0 Å². The third-order valence-corrected chi connectivity index (χ3v) is 3.23. The molecule has 8 heteroatoms. The minimum atomic E-state index is -0.482. The predicted octanol–water partition coefficient (Wildman–Crippen LogP) is 0.592. The third-order valence-electron chi connectivity index (χ3n) is 2.81. The summed E-state index contributed by atoms with van der Waals surface area (Å²) >= 11 is -0.161. The molecular weight excluding hydrogens is 273 g/mol. The highest BCUT2D eigenvalue weighted by Gasteiger charge is 2.18. The predicted molar refractivity (Wildman–Crippen MR) is 70.0 cm³/mol. The Bertz CT molecular complexity index is 502. The second-order valence-corrected chi connectivity index (χ2v) is 4.59. The van der Waals surface area contributed by atoms with Crippen molar-refractivity contribution in [3.63, 3.8) is 0 Å². The molecule has 0 atom stereocenters. The molecule has 0 bridgehead atoms. The lowest BCUT2D eigenvalue weighted by molar-refractivity contribution is -0.107. The Morgan fingerprint density at radius 2 is 2.21 bits per heavy atom. The maximum atomic E-state index is 12.8. The molecule has 1 saturated heterocycles. The largest absolute Gasteiger partial charge is 0.378 e. The van der Waals surface area contributed by atoms with Crippen LogP contribution in [0.2, 0.25) is 0 Å². The van der Waals surface area contributed by atoms with Gasteiger partial charge in [-0.2, -0.15) is 0 Å². The van der Waals surface area contributed by atoms with Crippen molar-refractivity contribution in [3.8, 4) is 0 Å². The van der Waals surface area contributed by atoms with E-state index in [4.69, 9.17) is 4.74 Å². The monoisotopic (exact) mass is 287 g/mol. The van der Waals surface area contributed by atoms with Gasteiger partial charge in [-0.15, -0.1) is 3.89 Å². The van der Waals surface area contributed by atoms with E-state index in [0.29, 0.717) is 44.8 Å². The van der Waals surface area contributed by atoms with Crippen LogP contribution in [-0.4, -0.2) is 41.5 Å². The molecule has 1 aromatic rings. The topological polar surface area (TPSA) is 64.4 Å². The molecule has 19 heavy (non-hydrogen) atoms. The number of carbonyl (C=O) groups excluding carboxylic acids is 1. The minimum Gasteiger partial charge on any atom is -0.378 e. The van der Waals surface area contributed by atoms with E-state index in [2.05, 4.69) is 4.98 Å². The number of hydrogen-bond donors (Lipinski definition) is 0. The van der Waals surface area contributed by atoms with E-state index in [1.165, 1.54) is 6.20 Å². The smallest absolute Gasteiger partial charge is 0.305 e. The summed E-state index contributed by atoms with van der Waals surface area (Å²) in [5.74, 6) is 0.219. The van der Waals surface area contributed by atoms with Crippen molar-refractivity contribution in [1.29, 1.82) is 0 Å². The summed E-state index contributed by atoms with van der Waals surface area (Å²) in [6.45, 7) is 2.14. The lowest BCUT2D eigenvalue weighted by Gasteiger charge is -2.27. The van der Waals surface area contributed by atoms with E-state index in [9.17, 15) is 13.5 Å². The van der Waals surface area contributed by atoms with Gasteiger partial charge in [0.05, 0.1) is 18.9 Å². The first-order valence-electron chi connectivity index (χ1n) is 5.94. The molecule has 0 N–H and O–H groups in total. The number of halogens is 1. The highest BCUT2D eigenvalue weighted by atomic mass is 32.2. The quantitative estimate of drug-likeness (QED) is 0.739. The average molecular weight is 287 g/mol. The molecule has 1 aromatic heterocycles. The number of rotatable bonds is 5. The number of aldehydes is 1. The zero-order valence-corrected chi connectivity index (χ0v) is 11.1. The molecule has 0 spiro atoms. The van der Waals surface area contributed by atoms with Gasteiger partial charge in [0.15, 0.2) is 18.2 Å². The lowest BCUT2D eigenvalue weighted by atomic mass is 10.2. The van der Waals surface area contributed by atoms with Gasteiger partial charge in [-0.3, -0.25) is 4.79 Å². The van der Waals surface area contributed by atoms with Crippen LogP contribution >= 0.6 is 12.3 Å². The first-order valence-corrected chi connectivity index (χ1v) is 6.61. The Morgan fingerprint density at radius 1 is 1.47 bits per heavy atom. The molecule has 0 amide bonds. The van der Waals surface area contributed by atoms with Crippen LogP contribution in [-0.2, 0) is 16.0 Å². The molecule has 0 unspecified atom stereocenters. The van der Waals surface area contributed by atoms with E-state index in [-0.39, 0.29) is 18.2 Å². The van der Waals surface area contributed by atoms with Crippen molar-refractivity contribution in [1.82, 2.24) is 8.96 Å². The van der Waals surface area contributed by atoms with Gasteiger partial charge in [0.25, 0.3) is 0 Å². The fourth-order valence-corrected chi connectivity index (χ4v) is 2.17. The summed E-state index contributed by atoms with van der Waals surface area (Å²) in [5.41, 5.74) is 0.0441. The second-order valence-electron chi connectivity index (χ2n) is 4.06. The average Bonchev–Trinajstić information content (AvgIpc) is 2.47. The highest BCUT2D eigenvalue weighted by molar-refractivity contribution is 7.92. The van der Waals surface area contributed by atoms with Gasteiger partial charge in [-0.05, 0) is 6.42 Å². The van der Waals surface area contributed by atoms with E-state index in [1.807, 2.05) is 0 Å². The zero-order valence-electron chi connectivity index (χ0n) is 10.2. The fraction of sp³-hybridized carbons (Fsp3) is 0.545. The van der Waals surface area contributed by atoms with E-state index in [0.717, 1.165) is 10.3 Å². The Labute approximate surface area is 114 Å². The van der Waals surface area contributed by atoms with Gasteiger partial charge in [-0.25, -0.2) is 8.96 Å². The van der Waals surface area contributed by atoms with Gasteiger partial charge in [0.1, 0.15) is 6.29 Å². The summed E-state index contributed by atoms with van der Waals surface area (Å²) in [5, 5.41) is 0. The van der Waals surface area contributed by atoms with E-state index in [1.54, 1.807) is 4.90 Å². The van der Waals surface area contributed by atoms with Crippen LogP contribution in [0.3, 0.4) is 0 Å². The van der Waals surface area contributed by atoms with Crippen LogP contribution in [0.4, 0.5) is 9.70 Å². The van der Waals surface area contributed by atoms with Gasteiger partial charge >= 0.3 is 5.56 Å². The van der Waals surface area contributed by atoms with Crippen LogP contribution in [0, 0.1) is 0 Å². The maximum Gasteiger partial charge on any atom is 0.305 e. The van der Waals surface area contributed by atoms with Crippen molar-refractivity contribution in [2.45, 2.75) is 12.8 Å². The van der Waals surface area contributed by atoms with Gasteiger partial charge < -0.3 is 14.4 Å². The lowest BCUT2D eigenvalue weighted by Crippen LogP contribution is -2.41. The van der Waals surface area contributed by atoms with Crippen molar-refractivity contribution < 1.29 is 13.4 Å². The van der Waals surface area contributed by atoms with Gasteiger partial charge in [0, 0.05) is 25.7 Å². The molecule has 0 aliphatic carbocycles. The molecule has 104 valence electrons. The van der Waals surface area contributed by atoms with Crippen LogP contribution in [0.15, 0.2) is 11.0 Å². The Balaban J connectivity index is 2.33. The molecule has 2 heterocycles. The van der Waals surface area contributed by atoms with Crippen molar-refractivity contribution in [3.05, 3.63) is 22.2 Å². The molecule has 0 saturated carbocycles. The second kappa shape index (κ2) is 6.67. The number of ether oxygens (including phenoxy) is 1. The zero-order chi connectivity index (χ0) is 13.7. The number of morpholine rings is 1. The van der Waals surface area contributed by atoms with E-state index < -0.39 is 5.56 Å². The molecule has 1 fully saturated rings. The number of carbonyl (C=O) groups is 1. The molecular formula is C11H14FN3O3S. The molecule has 2 rings (SSSR count). The highest BCUT2D eigenvalue weighted by Crippen LogP contribution is 2.13. The van der Waals surface area contributed by atoms with Crippen molar-refractivity contribution >= 4 is 24.4 Å². The van der Waals surface area contributed by atoms with Crippen molar-refractivity contribution in [2.24, 2.45) is 0 Å². The first kappa shape index (κ1) is 14.0. The number of hydrogen-bond acceptors (Lipinski definition) is 6. The molecule has 0 aromatic carbocycles.